The van der Waals surface area contributed by atoms with Crippen molar-refractivity contribution >= 4 is 21.5 Å². The van der Waals surface area contributed by atoms with Crippen molar-refractivity contribution in [2.45, 2.75) is 26.8 Å². The van der Waals surface area contributed by atoms with Gasteiger partial charge in [0, 0.05) is 17.0 Å². The summed E-state index contributed by atoms with van der Waals surface area (Å²) in [6, 6.07) is 24.2. The first-order valence-electron chi connectivity index (χ1n) is 8.75. The number of pyridine rings is 1. The van der Waals surface area contributed by atoms with Crippen molar-refractivity contribution in [1.29, 1.82) is 0 Å². The molecule has 0 atom stereocenters. The number of fused-ring (bicyclic) bond motifs is 3. The highest BCUT2D eigenvalue weighted by Crippen LogP contribution is 2.32. The van der Waals surface area contributed by atoms with E-state index in [0.717, 1.165) is 13.0 Å². The zero-order valence-corrected chi connectivity index (χ0v) is 14.3. The Kier molecular flexibility index (Phi) is 3.78. The van der Waals surface area contributed by atoms with Crippen LogP contribution in [-0.4, -0.2) is 0 Å². The van der Waals surface area contributed by atoms with Crippen LogP contribution in [0.4, 0.5) is 0 Å². The van der Waals surface area contributed by atoms with Crippen molar-refractivity contribution in [3.05, 3.63) is 78.5 Å². The fourth-order valence-electron chi connectivity index (χ4n) is 3.70. The second-order valence-electron chi connectivity index (χ2n) is 6.21. The number of nitrogens with zero attached hydrogens (tertiary/aromatic N) is 1. The van der Waals surface area contributed by atoms with Crippen LogP contribution in [0, 0.1) is 0 Å². The van der Waals surface area contributed by atoms with Crippen LogP contribution in [0.3, 0.4) is 0 Å². The fourth-order valence-corrected chi connectivity index (χ4v) is 3.70. The maximum absolute atomic E-state index is 2.37. The summed E-state index contributed by atoms with van der Waals surface area (Å²) >= 11 is 0. The van der Waals surface area contributed by atoms with Crippen LogP contribution in [0.5, 0.6) is 0 Å². The lowest BCUT2D eigenvalue weighted by Crippen LogP contribution is -2.34. The molecular weight excluding hydrogens is 290 g/mol. The average molecular weight is 312 g/mol. The third-order valence-electron chi connectivity index (χ3n) is 4.93. The molecule has 118 valence electrons. The smallest absolute Gasteiger partial charge is 0.198 e. The molecule has 0 N–H and O–H groups in total. The summed E-state index contributed by atoms with van der Waals surface area (Å²) in [4.78, 5) is 0. The van der Waals surface area contributed by atoms with E-state index in [1.54, 1.807) is 0 Å². The van der Waals surface area contributed by atoms with E-state index >= 15 is 0 Å². The highest BCUT2D eigenvalue weighted by Gasteiger charge is 2.19. The van der Waals surface area contributed by atoms with Gasteiger partial charge >= 0.3 is 0 Å². The molecular formula is C23H22N+. The molecule has 0 spiro atoms. The van der Waals surface area contributed by atoms with E-state index in [-0.39, 0.29) is 0 Å². The zero-order valence-electron chi connectivity index (χ0n) is 14.3. The van der Waals surface area contributed by atoms with Crippen molar-refractivity contribution in [1.82, 2.24) is 0 Å². The molecule has 0 unspecified atom stereocenters. The molecule has 24 heavy (non-hydrogen) atoms. The maximum Gasteiger partial charge on any atom is 0.220 e. The quantitative estimate of drug-likeness (QED) is 0.346. The van der Waals surface area contributed by atoms with Gasteiger partial charge in [0.05, 0.1) is 5.39 Å². The zero-order chi connectivity index (χ0) is 16.5. The van der Waals surface area contributed by atoms with Crippen LogP contribution >= 0.6 is 0 Å². The Hall–Kier alpha value is -2.67. The summed E-state index contributed by atoms with van der Waals surface area (Å²) < 4.78 is 2.37. The van der Waals surface area contributed by atoms with Crippen LogP contribution in [0.1, 0.15) is 19.4 Å². The maximum atomic E-state index is 2.37. The van der Waals surface area contributed by atoms with E-state index in [0.29, 0.717) is 0 Å². The minimum absolute atomic E-state index is 0.968. The van der Waals surface area contributed by atoms with Crippen LogP contribution in [0.15, 0.2) is 72.9 Å². The second kappa shape index (κ2) is 6.09. The number of hydrogen-bond acceptors (Lipinski definition) is 0. The van der Waals surface area contributed by atoms with Crippen LogP contribution < -0.4 is 4.57 Å². The first-order chi connectivity index (χ1) is 11.8. The van der Waals surface area contributed by atoms with Crippen molar-refractivity contribution in [2.75, 3.05) is 0 Å². The Bertz CT molecular complexity index is 1030. The topological polar surface area (TPSA) is 3.88 Å². The highest BCUT2D eigenvalue weighted by atomic mass is 14.9. The molecule has 4 aromatic rings. The van der Waals surface area contributed by atoms with E-state index in [1.807, 2.05) is 0 Å². The molecule has 0 aliphatic heterocycles. The number of aromatic nitrogens is 1. The summed E-state index contributed by atoms with van der Waals surface area (Å²) in [7, 11) is 0. The standard InChI is InChI=1S/C23H22N/c1-3-17-9-5-8-12-20(17)23-22-14-13-18-10-6-7-11-19(18)21(22)15-16-24(23)4-2/h5-16H,3-4H2,1-2H3/q+1. The van der Waals surface area contributed by atoms with Gasteiger partial charge in [-0.25, -0.2) is 0 Å². The summed E-state index contributed by atoms with van der Waals surface area (Å²) in [5.74, 6) is 0. The van der Waals surface area contributed by atoms with E-state index < -0.39 is 0 Å². The predicted molar refractivity (Wildman–Crippen MR) is 102 cm³/mol. The molecule has 1 nitrogen and oxygen atoms in total. The van der Waals surface area contributed by atoms with Gasteiger partial charge in [-0.15, -0.1) is 0 Å². The normalized spacial score (nSPS) is 11.2. The highest BCUT2D eigenvalue weighted by molar-refractivity contribution is 6.10. The van der Waals surface area contributed by atoms with Crippen molar-refractivity contribution in [2.24, 2.45) is 0 Å². The summed E-state index contributed by atoms with van der Waals surface area (Å²) in [5, 5.41) is 5.29. The molecule has 0 radical (unpaired) electrons. The molecule has 1 heterocycles. The summed E-state index contributed by atoms with van der Waals surface area (Å²) in [5.41, 5.74) is 4.08. The molecule has 3 aromatic carbocycles. The molecule has 0 bridgehead atoms. The van der Waals surface area contributed by atoms with Crippen LogP contribution in [0.2, 0.25) is 0 Å². The lowest BCUT2D eigenvalue weighted by Gasteiger charge is -2.11. The van der Waals surface area contributed by atoms with Gasteiger partial charge in [0.2, 0.25) is 5.69 Å². The summed E-state index contributed by atoms with van der Waals surface area (Å²) in [6.45, 7) is 5.41. The third kappa shape index (κ3) is 2.28. The second-order valence-corrected chi connectivity index (χ2v) is 6.21. The van der Waals surface area contributed by atoms with E-state index in [4.69, 9.17) is 0 Å². The van der Waals surface area contributed by atoms with Crippen LogP contribution in [0.25, 0.3) is 32.8 Å². The molecule has 0 aliphatic carbocycles. The van der Waals surface area contributed by atoms with Crippen molar-refractivity contribution in [3.8, 4) is 11.3 Å². The average Bonchev–Trinajstić information content (AvgIpc) is 2.66. The van der Waals surface area contributed by atoms with Gasteiger partial charge in [0.25, 0.3) is 0 Å². The monoisotopic (exact) mass is 312 g/mol. The van der Waals surface area contributed by atoms with Crippen molar-refractivity contribution in [3.63, 3.8) is 0 Å². The fraction of sp³-hybridized carbons (Fsp3) is 0.174. The van der Waals surface area contributed by atoms with Gasteiger partial charge < -0.3 is 0 Å². The first kappa shape index (κ1) is 14.9. The molecule has 0 aliphatic rings. The Morgan fingerprint density at radius 3 is 2.33 bits per heavy atom. The molecule has 1 heteroatoms. The van der Waals surface area contributed by atoms with Crippen molar-refractivity contribution < 1.29 is 4.57 Å². The van der Waals surface area contributed by atoms with E-state index in [2.05, 4.69) is 91.3 Å². The number of aryl methyl sites for hydroxylation is 2. The minimum Gasteiger partial charge on any atom is -0.198 e. The number of rotatable bonds is 3. The molecule has 4 rings (SSSR count). The summed E-state index contributed by atoms with van der Waals surface area (Å²) in [6.07, 6.45) is 3.28. The third-order valence-corrected chi connectivity index (χ3v) is 4.93. The SMILES string of the molecule is CCc1ccccc1-c1c2ccc3ccccc3c2cc[n+]1CC. The molecule has 0 amide bonds. The van der Waals surface area contributed by atoms with E-state index in [1.165, 1.54) is 38.4 Å². The van der Waals surface area contributed by atoms with E-state index in [9.17, 15) is 0 Å². The lowest BCUT2D eigenvalue weighted by molar-refractivity contribution is -0.681. The molecule has 0 saturated carbocycles. The first-order valence-corrected chi connectivity index (χ1v) is 8.75. The van der Waals surface area contributed by atoms with Gasteiger partial charge in [-0.2, -0.15) is 4.57 Å². The van der Waals surface area contributed by atoms with Gasteiger partial charge in [-0.05, 0) is 41.8 Å². The number of benzene rings is 3. The van der Waals surface area contributed by atoms with Gasteiger partial charge in [-0.3, -0.25) is 0 Å². The Morgan fingerprint density at radius 2 is 1.50 bits per heavy atom. The number of hydrogen-bond donors (Lipinski definition) is 0. The van der Waals surface area contributed by atoms with Gasteiger partial charge in [0.1, 0.15) is 6.54 Å². The lowest BCUT2D eigenvalue weighted by atomic mass is 9.95. The Labute approximate surface area is 143 Å². The molecule has 0 saturated heterocycles. The predicted octanol–water partition coefficient (Wildman–Crippen LogP) is 5.53. The van der Waals surface area contributed by atoms with Gasteiger partial charge in [-0.1, -0.05) is 55.5 Å². The Morgan fingerprint density at radius 1 is 0.708 bits per heavy atom. The largest absolute Gasteiger partial charge is 0.220 e. The molecule has 0 fully saturated rings. The minimum atomic E-state index is 0.968. The van der Waals surface area contributed by atoms with Gasteiger partial charge in [0.15, 0.2) is 6.20 Å². The Balaban J connectivity index is 2.15. The van der Waals surface area contributed by atoms with Crippen LogP contribution in [-0.2, 0) is 13.0 Å². The molecule has 1 aromatic heterocycles.